The third-order valence-electron chi connectivity index (χ3n) is 4.18. The molecule has 12 heteroatoms. The van der Waals surface area contributed by atoms with Gasteiger partial charge in [0.15, 0.2) is 17.8 Å². The maximum absolute atomic E-state index is 12.8. The molecule has 0 heterocycles. The summed E-state index contributed by atoms with van der Waals surface area (Å²) in [5, 5.41) is 9.98. The van der Waals surface area contributed by atoms with Crippen LogP contribution in [0.15, 0.2) is 30.3 Å². The van der Waals surface area contributed by atoms with E-state index in [1.54, 1.807) is 24.3 Å². The first-order valence-corrected chi connectivity index (χ1v) is 9.93. The van der Waals surface area contributed by atoms with Crippen LogP contribution in [-0.2, 0) is 14.9 Å². The summed E-state index contributed by atoms with van der Waals surface area (Å²) in [4.78, 5) is 11.7. The monoisotopic (exact) mass is 464 g/mol. The van der Waals surface area contributed by atoms with Crippen LogP contribution in [0.1, 0.15) is 22.0 Å². The zero-order valence-corrected chi connectivity index (χ0v) is 17.4. The Kier molecular flexibility index (Phi) is 7.52. The Morgan fingerprint density at radius 1 is 1.06 bits per heavy atom. The van der Waals surface area contributed by atoms with Gasteiger partial charge >= 0.3 is 15.6 Å². The van der Waals surface area contributed by atoms with E-state index in [4.69, 9.17) is 14.2 Å². The van der Waals surface area contributed by atoms with Gasteiger partial charge in [-0.05, 0) is 17.2 Å². The SMILES string of the molecule is COCC(O)c1ccc(-c2cc(OC)c(OS(=O)(=O)C(F)(F)F)c(C=O)c2OC)cc1. The van der Waals surface area contributed by atoms with Gasteiger partial charge in [0, 0.05) is 12.7 Å². The second-order valence-corrected chi connectivity index (χ2v) is 7.63. The van der Waals surface area contributed by atoms with Crippen molar-refractivity contribution in [3.8, 4) is 28.4 Å². The number of methoxy groups -OCH3 is 3. The van der Waals surface area contributed by atoms with Crippen LogP contribution >= 0.6 is 0 Å². The molecule has 0 bridgehead atoms. The highest BCUT2D eigenvalue weighted by Gasteiger charge is 2.49. The van der Waals surface area contributed by atoms with Gasteiger partial charge < -0.3 is 23.5 Å². The largest absolute Gasteiger partial charge is 0.534 e. The maximum atomic E-state index is 12.8. The van der Waals surface area contributed by atoms with Gasteiger partial charge in [0.25, 0.3) is 0 Å². The minimum atomic E-state index is -6.07. The highest BCUT2D eigenvalue weighted by molar-refractivity contribution is 7.88. The minimum Gasteiger partial charge on any atom is -0.495 e. The predicted octanol–water partition coefficient (Wildman–Crippen LogP) is 3.09. The van der Waals surface area contributed by atoms with E-state index in [1.165, 1.54) is 13.2 Å². The summed E-state index contributed by atoms with van der Waals surface area (Å²) < 4.78 is 80.5. The van der Waals surface area contributed by atoms with Crippen molar-refractivity contribution in [1.82, 2.24) is 0 Å². The van der Waals surface area contributed by atoms with Gasteiger partial charge in [-0.1, -0.05) is 24.3 Å². The van der Waals surface area contributed by atoms with Crippen molar-refractivity contribution in [1.29, 1.82) is 0 Å². The standard InChI is InChI=1S/C19H19F3O8S/c1-27-10-15(24)12-6-4-11(5-7-12)13-8-16(28-2)18(14(9-23)17(13)29-3)30-31(25,26)19(20,21)22/h4-9,15,24H,10H2,1-3H3. The fourth-order valence-electron chi connectivity index (χ4n) is 2.72. The molecule has 2 rings (SSSR count). The molecule has 31 heavy (non-hydrogen) atoms. The van der Waals surface area contributed by atoms with E-state index in [0.717, 1.165) is 14.2 Å². The molecule has 2 aromatic carbocycles. The quantitative estimate of drug-likeness (QED) is 0.343. The van der Waals surface area contributed by atoms with E-state index >= 15 is 0 Å². The number of hydrogen-bond donors (Lipinski definition) is 1. The number of aldehydes is 1. The molecule has 0 aliphatic carbocycles. The molecule has 0 amide bonds. The third kappa shape index (κ3) is 5.09. The van der Waals surface area contributed by atoms with Crippen LogP contribution in [0, 0.1) is 0 Å². The van der Waals surface area contributed by atoms with Crippen LogP contribution in [0.5, 0.6) is 17.2 Å². The summed E-state index contributed by atoms with van der Waals surface area (Å²) in [6, 6.07) is 7.45. The van der Waals surface area contributed by atoms with E-state index in [-0.39, 0.29) is 24.2 Å². The summed E-state index contributed by atoms with van der Waals surface area (Å²) in [5.74, 6) is -1.62. The van der Waals surface area contributed by atoms with Crippen molar-refractivity contribution in [3.63, 3.8) is 0 Å². The van der Waals surface area contributed by atoms with Gasteiger partial charge in [0.2, 0.25) is 0 Å². The van der Waals surface area contributed by atoms with Gasteiger partial charge in [0.1, 0.15) is 17.4 Å². The molecule has 1 unspecified atom stereocenters. The Labute approximate surface area is 176 Å². The van der Waals surface area contributed by atoms with E-state index in [1.807, 2.05) is 0 Å². The molecule has 2 aromatic rings. The lowest BCUT2D eigenvalue weighted by molar-refractivity contribution is -0.0500. The zero-order chi connectivity index (χ0) is 23.4. The molecule has 0 aliphatic heterocycles. The number of benzene rings is 2. The second kappa shape index (κ2) is 9.54. The highest BCUT2D eigenvalue weighted by atomic mass is 32.2. The van der Waals surface area contributed by atoms with Crippen molar-refractivity contribution < 1.29 is 49.9 Å². The number of rotatable bonds is 9. The Balaban J connectivity index is 2.65. The zero-order valence-electron chi connectivity index (χ0n) is 16.6. The number of alkyl halides is 3. The van der Waals surface area contributed by atoms with E-state index in [2.05, 4.69) is 4.18 Å². The topological polar surface area (TPSA) is 108 Å². The number of aliphatic hydroxyl groups is 1. The van der Waals surface area contributed by atoms with Crippen LogP contribution < -0.4 is 13.7 Å². The molecule has 0 saturated heterocycles. The minimum absolute atomic E-state index is 0.0610. The van der Waals surface area contributed by atoms with Crippen LogP contribution in [0.2, 0.25) is 0 Å². The first-order chi connectivity index (χ1) is 14.5. The number of aliphatic hydroxyl groups excluding tert-OH is 1. The smallest absolute Gasteiger partial charge is 0.495 e. The molecule has 0 saturated carbocycles. The van der Waals surface area contributed by atoms with Crippen molar-refractivity contribution >= 4 is 16.4 Å². The molecule has 0 radical (unpaired) electrons. The molecule has 0 aliphatic rings. The summed E-state index contributed by atoms with van der Waals surface area (Å²) in [6.07, 6.45) is -0.785. The Bertz CT molecular complexity index is 1030. The molecular weight excluding hydrogens is 445 g/mol. The van der Waals surface area contributed by atoms with E-state index < -0.39 is 38.8 Å². The first kappa shape index (κ1) is 24.4. The fraction of sp³-hybridized carbons (Fsp3) is 0.316. The summed E-state index contributed by atoms with van der Waals surface area (Å²) in [5.41, 5.74) is -5.12. The summed E-state index contributed by atoms with van der Waals surface area (Å²) in [6.45, 7) is 0.0610. The first-order valence-electron chi connectivity index (χ1n) is 8.53. The average Bonchev–Trinajstić information content (AvgIpc) is 2.72. The molecule has 0 aromatic heterocycles. The normalized spacial score (nSPS) is 12.9. The second-order valence-electron chi connectivity index (χ2n) is 6.10. The number of ether oxygens (including phenoxy) is 3. The maximum Gasteiger partial charge on any atom is 0.534 e. The van der Waals surface area contributed by atoms with Gasteiger partial charge in [-0.3, -0.25) is 4.79 Å². The third-order valence-corrected chi connectivity index (χ3v) is 5.14. The van der Waals surface area contributed by atoms with Crippen molar-refractivity contribution in [2.24, 2.45) is 0 Å². The van der Waals surface area contributed by atoms with Crippen LogP contribution in [0.25, 0.3) is 11.1 Å². The van der Waals surface area contributed by atoms with Gasteiger partial charge in [-0.15, -0.1) is 0 Å². The lowest BCUT2D eigenvalue weighted by Gasteiger charge is -2.19. The van der Waals surface area contributed by atoms with E-state index in [0.29, 0.717) is 11.1 Å². The van der Waals surface area contributed by atoms with Crippen molar-refractivity contribution in [3.05, 3.63) is 41.5 Å². The van der Waals surface area contributed by atoms with Gasteiger partial charge in [-0.2, -0.15) is 21.6 Å². The lowest BCUT2D eigenvalue weighted by Crippen LogP contribution is -2.28. The van der Waals surface area contributed by atoms with Gasteiger partial charge in [-0.25, -0.2) is 0 Å². The molecule has 1 N–H and O–H groups in total. The van der Waals surface area contributed by atoms with Crippen molar-refractivity contribution in [2.75, 3.05) is 27.9 Å². The molecule has 0 fully saturated rings. The van der Waals surface area contributed by atoms with Crippen LogP contribution in [0.3, 0.4) is 0 Å². The summed E-state index contributed by atoms with van der Waals surface area (Å²) >= 11 is 0. The number of carbonyl (C=O) groups is 1. The van der Waals surface area contributed by atoms with Crippen LogP contribution in [-0.4, -0.2) is 53.3 Å². The fourth-order valence-corrected chi connectivity index (χ4v) is 3.20. The lowest BCUT2D eigenvalue weighted by atomic mass is 9.98. The Morgan fingerprint density at radius 3 is 2.13 bits per heavy atom. The molecule has 8 nitrogen and oxygen atoms in total. The average molecular weight is 464 g/mol. The molecule has 0 spiro atoms. The highest BCUT2D eigenvalue weighted by Crippen LogP contribution is 2.45. The number of halogens is 3. The number of carbonyl (C=O) groups excluding carboxylic acids is 1. The Morgan fingerprint density at radius 2 is 1.68 bits per heavy atom. The molecule has 170 valence electrons. The van der Waals surface area contributed by atoms with Gasteiger partial charge in [0.05, 0.1) is 20.8 Å². The van der Waals surface area contributed by atoms with Crippen LogP contribution in [0.4, 0.5) is 13.2 Å². The van der Waals surface area contributed by atoms with E-state index in [9.17, 15) is 31.5 Å². The molecular formula is C19H19F3O8S. The number of hydrogen-bond acceptors (Lipinski definition) is 8. The molecule has 1 atom stereocenters. The Hall–Kier alpha value is -2.83. The van der Waals surface area contributed by atoms with Crippen molar-refractivity contribution in [2.45, 2.75) is 11.6 Å². The summed E-state index contributed by atoms with van der Waals surface area (Å²) in [7, 11) is -2.43. The predicted molar refractivity (Wildman–Crippen MR) is 103 cm³/mol.